The summed E-state index contributed by atoms with van der Waals surface area (Å²) < 4.78 is 43.3. The third kappa shape index (κ3) is 5.25. The van der Waals surface area contributed by atoms with E-state index in [-0.39, 0.29) is 35.6 Å². The molecule has 1 heterocycles. The lowest BCUT2D eigenvalue weighted by molar-refractivity contribution is -0.161. The van der Waals surface area contributed by atoms with Crippen LogP contribution >= 0.6 is 22.6 Å². The van der Waals surface area contributed by atoms with Crippen LogP contribution in [0.5, 0.6) is 0 Å². The van der Waals surface area contributed by atoms with Gasteiger partial charge in [-0.3, -0.25) is 4.90 Å². The number of likely N-dealkylation sites (tertiary alicyclic amines) is 1. The molecule has 4 N–H and O–H groups in total. The van der Waals surface area contributed by atoms with Gasteiger partial charge in [0.05, 0.1) is 11.4 Å². The second kappa shape index (κ2) is 8.62. The second-order valence-corrected chi connectivity index (χ2v) is 9.93. The summed E-state index contributed by atoms with van der Waals surface area (Å²) in [5, 5.41) is 27.1. The summed E-state index contributed by atoms with van der Waals surface area (Å²) in [5.41, 5.74) is -1.54. The number of nitrogens with one attached hydrogen (secondary N) is 2. The number of aliphatic hydroxyl groups excluding tert-OH is 1. The van der Waals surface area contributed by atoms with Crippen molar-refractivity contribution in [1.29, 1.82) is 0 Å². The van der Waals surface area contributed by atoms with Crippen LogP contribution in [-0.4, -0.2) is 45.9 Å². The fourth-order valence-corrected chi connectivity index (χ4v) is 3.71. The lowest BCUT2D eigenvalue weighted by Crippen LogP contribution is -2.67. The van der Waals surface area contributed by atoms with Gasteiger partial charge in [-0.05, 0) is 73.7 Å². The smallest absolute Gasteiger partial charge is 0.182 e. The zero-order chi connectivity index (χ0) is 22.3. The number of benzene rings is 2. The van der Waals surface area contributed by atoms with Crippen molar-refractivity contribution in [2.75, 3.05) is 25.0 Å². The van der Waals surface area contributed by atoms with Crippen LogP contribution in [0.1, 0.15) is 32.6 Å². The summed E-state index contributed by atoms with van der Waals surface area (Å²) in [7, 11) is 0. The normalized spacial score (nSPS) is 17.5. The molecule has 2 aromatic rings. The van der Waals surface area contributed by atoms with Crippen LogP contribution < -0.4 is 10.6 Å². The molecule has 0 aromatic heterocycles. The maximum absolute atomic E-state index is 14.6. The topological polar surface area (TPSA) is 67.8 Å². The minimum atomic E-state index is -1.30. The van der Waals surface area contributed by atoms with Crippen LogP contribution in [0.15, 0.2) is 30.3 Å². The third-order valence-electron chi connectivity index (χ3n) is 4.88. The highest BCUT2D eigenvalue weighted by Crippen LogP contribution is 2.36. The fourth-order valence-electron chi connectivity index (χ4n) is 3.25. The Morgan fingerprint density at radius 3 is 2.40 bits per heavy atom. The number of nitrogens with zero attached hydrogens (tertiary/aromatic N) is 1. The van der Waals surface area contributed by atoms with E-state index in [4.69, 9.17) is 0 Å². The van der Waals surface area contributed by atoms with Crippen molar-refractivity contribution in [2.45, 2.75) is 38.1 Å². The van der Waals surface area contributed by atoms with E-state index in [2.05, 4.69) is 10.6 Å². The van der Waals surface area contributed by atoms with Gasteiger partial charge in [-0.1, -0.05) is 0 Å². The molecule has 1 atom stereocenters. The Morgan fingerprint density at radius 2 is 1.80 bits per heavy atom. The lowest BCUT2D eigenvalue weighted by atomic mass is 9.91. The van der Waals surface area contributed by atoms with Gasteiger partial charge in [0.2, 0.25) is 0 Å². The van der Waals surface area contributed by atoms with Crippen LogP contribution in [0.25, 0.3) is 0 Å². The van der Waals surface area contributed by atoms with E-state index < -0.39 is 29.3 Å². The molecule has 164 valence electrons. The van der Waals surface area contributed by atoms with Gasteiger partial charge in [-0.25, -0.2) is 13.2 Å². The fraction of sp³-hybridized carbons (Fsp3) is 0.429. The number of halogens is 4. The molecule has 0 amide bonds. The highest BCUT2D eigenvalue weighted by molar-refractivity contribution is 14.1. The highest BCUT2D eigenvalue weighted by atomic mass is 127. The summed E-state index contributed by atoms with van der Waals surface area (Å²) in [6, 6.07) is 6.46. The average Bonchev–Trinajstić information content (AvgIpc) is 2.62. The van der Waals surface area contributed by atoms with Crippen molar-refractivity contribution in [3.05, 3.63) is 56.9 Å². The van der Waals surface area contributed by atoms with Crippen molar-refractivity contribution < 1.29 is 23.4 Å². The van der Waals surface area contributed by atoms with Gasteiger partial charge in [0.1, 0.15) is 17.6 Å². The predicted molar refractivity (Wildman–Crippen MR) is 118 cm³/mol. The summed E-state index contributed by atoms with van der Waals surface area (Å²) in [4.78, 5) is 1.53. The molecule has 1 unspecified atom stereocenters. The monoisotopic (exact) mass is 535 g/mol. The van der Waals surface area contributed by atoms with E-state index in [0.29, 0.717) is 10.1 Å². The van der Waals surface area contributed by atoms with Crippen molar-refractivity contribution in [3.8, 4) is 0 Å². The number of hydrogen-bond acceptors (Lipinski definition) is 5. The lowest BCUT2D eigenvalue weighted by Gasteiger charge is -2.49. The van der Waals surface area contributed by atoms with Crippen molar-refractivity contribution in [2.24, 2.45) is 0 Å². The van der Waals surface area contributed by atoms with Crippen LogP contribution in [0.4, 0.5) is 24.5 Å². The molecular weight excluding hydrogens is 510 g/mol. The number of hydrogen-bond donors (Lipinski definition) is 4. The van der Waals surface area contributed by atoms with Gasteiger partial charge in [-0.2, -0.15) is 0 Å². The number of aliphatic hydroxyl groups is 2. The highest BCUT2D eigenvalue weighted by Gasteiger charge is 2.45. The Bertz CT molecular complexity index is 930. The van der Waals surface area contributed by atoms with Gasteiger partial charge in [-0.15, -0.1) is 0 Å². The molecular formula is C21H25F3IN3O2. The van der Waals surface area contributed by atoms with Crippen molar-refractivity contribution in [3.63, 3.8) is 0 Å². The minimum Gasteiger partial charge on any atom is -0.386 e. The van der Waals surface area contributed by atoms with Crippen LogP contribution in [0.3, 0.4) is 0 Å². The van der Waals surface area contributed by atoms with Gasteiger partial charge in [0.25, 0.3) is 0 Å². The first-order valence-electron chi connectivity index (χ1n) is 9.48. The molecule has 30 heavy (non-hydrogen) atoms. The van der Waals surface area contributed by atoms with Gasteiger partial charge < -0.3 is 20.8 Å². The quantitative estimate of drug-likeness (QED) is 0.423. The first kappa shape index (κ1) is 23.3. The summed E-state index contributed by atoms with van der Waals surface area (Å²) in [6.07, 6.45) is -1.30. The van der Waals surface area contributed by atoms with E-state index in [0.717, 1.165) is 6.07 Å². The number of rotatable bonds is 6. The Kier molecular flexibility index (Phi) is 6.68. The molecule has 5 nitrogen and oxygen atoms in total. The van der Waals surface area contributed by atoms with E-state index in [1.54, 1.807) is 6.07 Å². The second-order valence-electron chi connectivity index (χ2n) is 8.68. The van der Waals surface area contributed by atoms with Crippen molar-refractivity contribution in [1.82, 2.24) is 10.2 Å². The molecule has 0 bridgehead atoms. The number of anilines is 2. The first-order valence-corrected chi connectivity index (χ1v) is 10.6. The molecule has 1 aliphatic rings. The Hall–Kier alpha value is -1.40. The molecule has 1 fully saturated rings. The Labute approximate surface area is 187 Å². The molecule has 2 aromatic carbocycles. The molecule has 0 aliphatic carbocycles. The van der Waals surface area contributed by atoms with E-state index in [1.807, 2.05) is 43.4 Å². The molecule has 0 spiro atoms. The summed E-state index contributed by atoms with van der Waals surface area (Å²) >= 11 is 1.94. The van der Waals surface area contributed by atoms with Crippen molar-refractivity contribution >= 4 is 34.0 Å². The molecule has 3 rings (SSSR count). The van der Waals surface area contributed by atoms with E-state index >= 15 is 0 Å². The molecule has 9 heteroatoms. The maximum Gasteiger partial charge on any atom is 0.182 e. The summed E-state index contributed by atoms with van der Waals surface area (Å²) in [5.74, 6) is -2.96. The SMILES string of the molecule is CC(C)(C)NCC1(O)CN(C(O)c2ccc(F)c(F)c2Nc2ccc(I)cc2F)C1. The van der Waals surface area contributed by atoms with E-state index in [1.165, 1.54) is 23.1 Å². The van der Waals surface area contributed by atoms with Crippen LogP contribution in [-0.2, 0) is 0 Å². The predicted octanol–water partition coefficient (Wildman–Crippen LogP) is 3.88. The first-order chi connectivity index (χ1) is 13.9. The molecule has 1 saturated heterocycles. The zero-order valence-corrected chi connectivity index (χ0v) is 19.1. The maximum atomic E-state index is 14.6. The standard InChI is InChI=1S/C21H25F3IN3O2/c1-20(2,3)26-9-21(30)10-28(11-21)19(29)13-5-6-14(22)17(24)18(13)27-16-7-4-12(25)8-15(16)23/h4-8,19,26-27,29-30H,9-11H2,1-3H3. The summed E-state index contributed by atoms with van der Waals surface area (Å²) in [6.45, 7) is 6.55. The molecule has 1 aliphatic heterocycles. The third-order valence-corrected chi connectivity index (χ3v) is 5.56. The van der Waals surface area contributed by atoms with Crippen LogP contribution in [0, 0.1) is 21.0 Å². The average molecular weight is 535 g/mol. The Balaban J connectivity index is 1.80. The van der Waals surface area contributed by atoms with Gasteiger partial charge >= 0.3 is 0 Å². The van der Waals surface area contributed by atoms with E-state index in [9.17, 15) is 23.4 Å². The zero-order valence-electron chi connectivity index (χ0n) is 16.9. The van der Waals surface area contributed by atoms with Gasteiger partial charge in [0.15, 0.2) is 11.6 Å². The van der Waals surface area contributed by atoms with Crippen LogP contribution in [0.2, 0.25) is 0 Å². The largest absolute Gasteiger partial charge is 0.386 e. The molecule has 0 radical (unpaired) electrons. The van der Waals surface area contributed by atoms with Gasteiger partial charge in [0, 0.05) is 34.3 Å². The molecule has 0 saturated carbocycles. The Morgan fingerprint density at radius 1 is 1.13 bits per heavy atom. The number of β-amino-alcohol motifs (C(OH)–C–C–N with tert-alkyl or cyclic N) is 1. The minimum absolute atomic E-state index is 0.0390.